The fourth-order valence-electron chi connectivity index (χ4n) is 7.21. The van der Waals surface area contributed by atoms with Crippen LogP contribution in [-0.4, -0.2) is 57.0 Å². The van der Waals surface area contributed by atoms with Crippen LogP contribution >= 0.6 is 23.4 Å². The molecule has 0 aliphatic carbocycles. The predicted molar refractivity (Wildman–Crippen MR) is 168 cm³/mol. The van der Waals surface area contributed by atoms with E-state index in [0.717, 1.165) is 0 Å². The van der Waals surface area contributed by atoms with E-state index in [2.05, 4.69) is 17.6 Å². The Morgan fingerprint density at radius 2 is 1.74 bits per heavy atom. The molecular weight excluding hydrogens is 586 g/mol. The Bertz CT molecular complexity index is 1520. The lowest BCUT2D eigenvalue weighted by Gasteiger charge is -2.40. The molecule has 3 amide bonds. The first-order valence-electron chi connectivity index (χ1n) is 14.5. The molecule has 7 atom stereocenters. The van der Waals surface area contributed by atoms with E-state index in [1.54, 1.807) is 60.3 Å². The number of aliphatic hydroxyl groups is 1. The van der Waals surface area contributed by atoms with Crippen LogP contribution in [0.4, 0.5) is 11.4 Å². The highest BCUT2D eigenvalue weighted by Crippen LogP contribution is 2.69. The number of hydrogen-bond donors (Lipinski definition) is 3. The first-order valence-corrected chi connectivity index (χ1v) is 15.8. The number of nitrogens with zero attached hydrogens (tertiary/aromatic N) is 1. The summed E-state index contributed by atoms with van der Waals surface area (Å²) in [4.78, 5) is 44.4. The average molecular weight is 620 g/mol. The number of carbonyl (C=O) groups is 3. The first kappa shape index (κ1) is 29.5. The van der Waals surface area contributed by atoms with Crippen molar-refractivity contribution < 1.29 is 24.2 Å². The van der Waals surface area contributed by atoms with E-state index >= 15 is 0 Å². The van der Waals surface area contributed by atoms with Gasteiger partial charge in [0.2, 0.25) is 17.7 Å². The topological polar surface area (TPSA) is 108 Å². The maximum Gasteiger partial charge on any atom is 0.248 e. The van der Waals surface area contributed by atoms with Crippen molar-refractivity contribution in [2.75, 3.05) is 23.8 Å². The molecule has 3 aromatic rings. The van der Waals surface area contributed by atoms with Crippen molar-refractivity contribution in [2.45, 2.75) is 42.3 Å². The highest BCUT2D eigenvalue weighted by atomic mass is 35.5. The van der Waals surface area contributed by atoms with Gasteiger partial charge in [-0.2, -0.15) is 0 Å². The number of halogens is 1. The molecule has 8 nitrogen and oxygen atoms in total. The van der Waals surface area contributed by atoms with E-state index in [1.807, 2.05) is 37.3 Å². The Morgan fingerprint density at radius 3 is 2.42 bits per heavy atom. The van der Waals surface area contributed by atoms with Gasteiger partial charge in [-0.05, 0) is 61.2 Å². The Labute approximate surface area is 260 Å². The molecule has 3 N–H and O–H groups in total. The van der Waals surface area contributed by atoms with Gasteiger partial charge in [0.1, 0.15) is 11.8 Å². The number of likely N-dealkylation sites (tertiary alicyclic amines) is 1. The highest BCUT2D eigenvalue weighted by molar-refractivity contribution is 8.02. The molecular formula is C33H34ClN3O5S. The Balaban J connectivity index is 1.39. The molecule has 10 heteroatoms. The van der Waals surface area contributed by atoms with Crippen molar-refractivity contribution in [1.82, 2.24) is 4.90 Å². The van der Waals surface area contributed by atoms with Crippen LogP contribution < -0.4 is 15.4 Å². The van der Waals surface area contributed by atoms with Crippen LogP contribution in [0.1, 0.15) is 31.9 Å². The lowest BCUT2D eigenvalue weighted by molar-refractivity contribution is -0.141. The second-order valence-electron chi connectivity index (χ2n) is 11.3. The van der Waals surface area contributed by atoms with Crippen molar-refractivity contribution in [3.05, 3.63) is 89.4 Å². The molecule has 0 saturated carbocycles. The molecule has 3 heterocycles. The second kappa shape index (κ2) is 11.9. The molecule has 3 aliphatic rings. The van der Waals surface area contributed by atoms with Crippen LogP contribution in [0.5, 0.6) is 5.75 Å². The van der Waals surface area contributed by atoms with Crippen LogP contribution in [0.25, 0.3) is 0 Å². The molecule has 3 fully saturated rings. The lowest BCUT2D eigenvalue weighted by Crippen LogP contribution is -2.55. The van der Waals surface area contributed by atoms with Crippen molar-refractivity contribution in [1.29, 1.82) is 0 Å². The predicted octanol–water partition coefficient (Wildman–Crippen LogP) is 5.39. The molecule has 0 aromatic heterocycles. The van der Waals surface area contributed by atoms with Gasteiger partial charge in [0.15, 0.2) is 0 Å². The van der Waals surface area contributed by atoms with Gasteiger partial charge in [0.25, 0.3) is 0 Å². The first-order chi connectivity index (χ1) is 20.8. The molecule has 3 unspecified atom stereocenters. The van der Waals surface area contributed by atoms with Crippen molar-refractivity contribution in [3.63, 3.8) is 0 Å². The molecule has 224 valence electrons. The normalized spacial score (nSPS) is 28.0. The molecule has 1 spiro atoms. The summed E-state index contributed by atoms with van der Waals surface area (Å²) >= 11 is 7.99. The molecule has 3 aromatic carbocycles. The van der Waals surface area contributed by atoms with Crippen molar-refractivity contribution in [3.8, 4) is 5.75 Å². The SMILES string of the molecule is CCOc1ccc(NC(=O)[C@@H]2[C@H]3C(=O)N([C@H](CO)c4ccccc4)C(C(=O)Nc4ccccc4Cl)C34S[C@@H]2CC4C)cc1. The summed E-state index contributed by atoms with van der Waals surface area (Å²) in [7, 11) is 0. The van der Waals surface area contributed by atoms with Gasteiger partial charge in [-0.3, -0.25) is 14.4 Å². The molecule has 2 bridgehead atoms. The van der Waals surface area contributed by atoms with E-state index < -0.39 is 28.7 Å². The maximum absolute atomic E-state index is 14.6. The van der Waals surface area contributed by atoms with Crippen LogP contribution in [0.3, 0.4) is 0 Å². The maximum atomic E-state index is 14.6. The van der Waals surface area contributed by atoms with E-state index in [1.165, 1.54) is 4.90 Å². The van der Waals surface area contributed by atoms with Gasteiger partial charge in [-0.1, -0.05) is 61.0 Å². The molecule has 6 rings (SSSR count). The number of carbonyl (C=O) groups excluding carboxylic acids is 3. The lowest BCUT2D eigenvalue weighted by atomic mass is 9.66. The number of rotatable bonds is 9. The van der Waals surface area contributed by atoms with E-state index in [9.17, 15) is 19.5 Å². The van der Waals surface area contributed by atoms with Gasteiger partial charge in [-0.15, -0.1) is 11.8 Å². The molecule has 0 radical (unpaired) electrons. The minimum absolute atomic E-state index is 0.0342. The van der Waals surface area contributed by atoms with Crippen molar-refractivity contribution >= 4 is 52.5 Å². The van der Waals surface area contributed by atoms with Crippen LogP contribution in [-0.2, 0) is 14.4 Å². The number of anilines is 2. The number of para-hydroxylation sites is 1. The quantitative estimate of drug-likeness (QED) is 0.297. The molecule has 3 aliphatic heterocycles. The Morgan fingerprint density at radius 1 is 1.05 bits per heavy atom. The monoisotopic (exact) mass is 619 g/mol. The Hall–Kier alpha value is -3.53. The van der Waals surface area contributed by atoms with Crippen LogP contribution in [0.15, 0.2) is 78.9 Å². The van der Waals surface area contributed by atoms with Crippen LogP contribution in [0.2, 0.25) is 5.02 Å². The second-order valence-corrected chi connectivity index (χ2v) is 13.3. The number of amides is 3. The summed E-state index contributed by atoms with van der Waals surface area (Å²) in [6.07, 6.45) is 0.689. The number of thioether (sulfide) groups is 1. The fourth-order valence-corrected chi connectivity index (χ4v) is 9.81. The minimum atomic E-state index is -0.938. The summed E-state index contributed by atoms with van der Waals surface area (Å²) in [5.41, 5.74) is 1.76. The minimum Gasteiger partial charge on any atom is -0.494 e. The zero-order chi connectivity index (χ0) is 30.3. The van der Waals surface area contributed by atoms with Gasteiger partial charge in [-0.25, -0.2) is 0 Å². The van der Waals surface area contributed by atoms with Gasteiger partial charge >= 0.3 is 0 Å². The Kier molecular flexibility index (Phi) is 8.15. The molecule has 3 saturated heterocycles. The smallest absolute Gasteiger partial charge is 0.248 e. The van der Waals surface area contributed by atoms with Gasteiger partial charge in [0, 0.05) is 10.9 Å². The summed E-state index contributed by atoms with van der Waals surface area (Å²) in [6, 6.07) is 21.6. The van der Waals surface area contributed by atoms with Crippen molar-refractivity contribution in [2.24, 2.45) is 17.8 Å². The zero-order valence-electron chi connectivity index (χ0n) is 23.9. The third-order valence-electron chi connectivity index (χ3n) is 8.99. The van der Waals surface area contributed by atoms with E-state index in [-0.39, 0.29) is 35.5 Å². The number of ether oxygens (including phenoxy) is 1. The van der Waals surface area contributed by atoms with E-state index in [0.29, 0.717) is 40.7 Å². The standard InChI is InChI=1S/C33H34ClN3O5S/c1-3-42-22-15-13-21(14-16-22)35-30(39)27-26-17-19(2)33(43-26)28(27)32(41)37(25(18-38)20-9-5-4-6-10-20)29(33)31(40)36-24-12-8-7-11-23(24)34/h4-16,19,25-29,38H,3,17-18H2,1-2H3,(H,35,39)(H,36,40)/t19?,25-,26-,27+,28+,29?,33?/m1/s1. The number of aliphatic hydroxyl groups excluding tert-OH is 1. The summed E-state index contributed by atoms with van der Waals surface area (Å²) in [5, 5.41) is 16.9. The summed E-state index contributed by atoms with van der Waals surface area (Å²) in [6.45, 7) is 4.13. The number of nitrogens with one attached hydrogen (secondary N) is 2. The number of hydrogen-bond acceptors (Lipinski definition) is 6. The number of fused-ring (bicyclic) bond motifs is 1. The third-order valence-corrected chi connectivity index (χ3v) is 11.4. The summed E-state index contributed by atoms with van der Waals surface area (Å²) in [5.74, 6) is -1.64. The highest BCUT2D eigenvalue weighted by Gasteiger charge is 2.76. The fraction of sp³-hybridized carbons (Fsp3) is 0.364. The van der Waals surface area contributed by atoms with Gasteiger partial charge in [0.05, 0.1) is 46.5 Å². The zero-order valence-corrected chi connectivity index (χ0v) is 25.5. The van der Waals surface area contributed by atoms with E-state index in [4.69, 9.17) is 16.3 Å². The number of benzene rings is 3. The van der Waals surface area contributed by atoms with Crippen LogP contribution in [0, 0.1) is 17.8 Å². The average Bonchev–Trinajstić information content (AvgIpc) is 3.60. The van der Waals surface area contributed by atoms with Gasteiger partial charge < -0.3 is 25.4 Å². The third kappa shape index (κ3) is 4.97. The largest absolute Gasteiger partial charge is 0.494 e. The molecule has 43 heavy (non-hydrogen) atoms. The summed E-state index contributed by atoms with van der Waals surface area (Å²) < 4.78 is 4.66.